The predicted molar refractivity (Wildman–Crippen MR) is 79.5 cm³/mol. The topological polar surface area (TPSA) is 52.6 Å². The summed E-state index contributed by atoms with van der Waals surface area (Å²) in [4.78, 5) is 13.9. The van der Waals surface area contributed by atoms with Gasteiger partial charge in [0, 0.05) is 21.8 Å². The maximum Gasteiger partial charge on any atom is 0.238 e. The van der Waals surface area contributed by atoms with Gasteiger partial charge in [-0.15, -0.1) is 0 Å². The van der Waals surface area contributed by atoms with E-state index in [1.165, 1.54) is 0 Å². The molecule has 1 fully saturated rings. The number of aliphatic hydroxyl groups is 1. The summed E-state index contributed by atoms with van der Waals surface area (Å²) in [7, 11) is 0. The quantitative estimate of drug-likeness (QED) is 0.760. The molecule has 4 nitrogen and oxygen atoms in total. The largest absolute Gasteiger partial charge is 0.395 e. The minimum absolute atomic E-state index is 0.0163. The molecular weight excluding hydrogens is 343 g/mol. The van der Waals surface area contributed by atoms with Crippen molar-refractivity contribution in [3.05, 3.63) is 27.8 Å². The Morgan fingerprint density at radius 3 is 2.89 bits per heavy atom. The molecule has 18 heavy (non-hydrogen) atoms. The molecule has 1 amide bonds. The lowest BCUT2D eigenvalue weighted by molar-refractivity contribution is -0.117. The van der Waals surface area contributed by atoms with Crippen LogP contribution in [0.1, 0.15) is 12.8 Å². The number of rotatable bonds is 6. The number of halogens is 1. The molecule has 5 heteroatoms. The van der Waals surface area contributed by atoms with E-state index in [1.54, 1.807) is 0 Å². The number of anilines is 1. The lowest BCUT2D eigenvalue weighted by Crippen LogP contribution is -2.36. The molecule has 0 unspecified atom stereocenters. The van der Waals surface area contributed by atoms with Crippen molar-refractivity contribution in [1.29, 1.82) is 0 Å². The van der Waals surface area contributed by atoms with Gasteiger partial charge in [0.05, 0.1) is 13.2 Å². The van der Waals surface area contributed by atoms with E-state index in [9.17, 15) is 4.79 Å². The van der Waals surface area contributed by atoms with E-state index in [-0.39, 0.29) is 12.5 Å². The number of nitrogens with one attached hydrogen (secondary N) is 1. The summed E-state index contributed by atoms with van der Waals surface area (Å²) in [6.07, 6.45) is 2.27. The lowest BCUT2D eigenvalue weighted by atomic mass is 10.3. The van der Waals surface area contributed by atoms with Crippen molar-refractivity contribution in [3.63, 3.8) is 0 Å². The van der Waals surface area contributed by atoms with Crippen LogP contribution < -0.4 is 5.32 Å². The Balaban J connectivity index is 1.87. The average Bonchev–Trinajstić information content (AvgIpc) is 3.12. The van der Waals surface area contributed by atoms with Crippen LogP contribution in [0.3, 0.4) is 0 Å². The van der Waals surface area contributed by atoms with Gasteiger partial charge in [0.2, 0.25) is 5.91 Å². The van der Waals surface area contributed by atoms with E-state index in [1.807, 2.05) is 29.2 Å². The van der Waals surface area contributed by atoms with Crippen molar-refractivity contribution in [1.82, 2.24) is 4.90 Å². The van der Waals surface area contributed by atoms with E-state index in [2.05, 4.69) is 27.9 Å². The Morgan fingerprint density at radius 1 is 1.50 bits per heavy atom. The van der Waals surface area contributed by atoms with E-state index in [0.717, 1.165) is 22.1 Å². The van der Waals surface area contributed by atoms with Gasteiger partial charge in [0.15, 0.2) is 0 Å². The van der Waals surface area contributed by atoms with Gasteiger partial charge in [-0.25, -0.2) is 0 Å². The summed E-state index contributed by atoms with van der Waals surface area (Å²) >= 11 is 2.22. The highest BCUT2D eigenvalue weighted by molar-refractivity contribution is 14.1. The van der Waals surface area contributed by atoms with Gasteiger partial charge in [0.25, 0.3) is 0 Å². The third-order valence-electron chi connectivity index (χ3n) is 2.91. The second-order valence-electron chi connectivity index (χ2n) is 4.48. The van der Waals surface area contributed by atoms with Gasteiger partial charge >= 0.3 is 0 Å². The molecule has 1 aromatic rings. The van der Waals surface area contributed by atoms with Gasteiger partial charge in [-0.05, 0) is 53.6 Å². The molecule has 0 aliphatic heterocycles. The molecule has 0 radical (unpaired) electrons. The maximum absolute atomic E-state index is 11.9. The summed E-state index contributed by atoms with van der Waals surface area (Å²) in [6.45, 7) is 1.04. The minimum atomic E-state index is -0.0163. The molecule has 0 bridgehead atoms. The van der Waals surface area contributed by atoms with E-state index in [0.29, 0.717) is 19.1 Å². The van der Waals surface area contributed by atoms with Crippen LogP contribution in [-0.4, -0.2) is 41.7 Å². The zero-order chi connectivity index (χ0) is 13.0. The van der Waals surface area contributed by atoms with Crippen LogP contribution in [0.25, 0.3) is 0 Å². The molecule has 1 aromatic carbocycles. The third kappa shape index (κ3) is 4.22. The van der Waals surface area contributed by atoms with Crippen molar-refractivity contribution in [2.24, 2.45) is 0 Å². The Labute approximate surface area is 121 Å². The molecular formula is C13H17IN2O2. The summed E-state index contributed by atoms with van der Waals surface area (Å²) in [6, 6.07) is 8.21. The molecule has 1 aliphatic carbocycles. The van der Waals surface area contributed by atoms with Crippen LogP contribution >= 0.6 is 22.6 Å². The number of nitrogens with zero attached hydrogens (tertiary/aromatic N) is 1. The number of hydrogen-bond donors (Lipinski definition) is 2. The van der Waals surface area contributed by atoms with Crippen molar-refractivity contribution in [2.75, 3.05) is 25.0 Å². The van der Waals surface area contributed by atoms with Crippen LogP contribution in [0.15, 0.2) is 24.3 Å². The minimum Gasteiger partial charge on any atom is -0.395 e. The molecule has 2 N–H and O–H groups in total. The standard InChI is InChI=1S/C13H17IN2O2/c14-10-2-1-3-11(8-10)15-13(18)9-16(6-7-17)12-4-5-12/h1-3,8,12,17H,4-7,9H2,(H,15,18). The molecule has 0 spiro atoms. The normalized spacial score (nSPS) is 14.8. The molecule has 0 saturated heterocycles. The first-order valence-electron chi connectivity index (χ1n) is 6.09. The first kappa shape index (κ1) is 13.8. The maximum atomic E-state index is 11.9. The summed E-state index contributed by atoms with van der Waals surface area (Å²) < 4.78 is 1.10. The SMILES string of the molecule is O=C(CN(CCO)C1CC1)Nc1cccc(I)c1. The van der Waals surface area contributed by atoms with Gasteiger partial charge in [-0.1, -0.05) is 6.07 Å². The van der Waals surface area contributed by atoms with Gasteiger partial charge < -0.3 is 10.4 Å². The van der Waals surface area contributed by atoms with Gasteiger partial charge in [0.1, 0.15) is 0 Å². The highest BCUT2D eigenvalue weighted by Gasteiger charge is 2.29. The lowest BCUT2D eigenvalue weighted by Gasteiger charge is -2.20. The molecule has 0 heterocycles. The Kier molecular flexibility index (Phi) is 4.96. The van der Waals surface area contributed by atoms with Crippen molar-refractivity contribution >= 4 is 34.2 Å². The van der Waals surface area contributed by atoms with E-state index in [4.69, 9.17) is 5.11 Å². The second-order valence-corrected chi connectivity index (χ2v) is 5.73. The van der Waals surface area contributed by atoms with Crippen LogP contribution in [0.5, 0.6) is 0 Å². The van der Waals surface area contributed by atoms with Gasteiger partial charge in [-0.3, -0.25) is 9.69 Å². The van der Waals surface area contributed by atoms with Gasteiger partial charge in [-0.2, -0.15) is 0 Å². The van der Waals surface area contributed by atoms with Crippen LogP contribution in [0, 0.1) is 3.57 Å². The first-order chi connectivity index (χ1) is 8.69. The summed E-state index contributed by atoms with van der Waals surface area (Å²) in [5.41, 5.74) is 0.826. The van der Waals surface area contributed by atoms with Crippen molar-refractivity contribution in [3.8, 4) is 0 Å². The van der Waals surface area contributed by atoms with Crippen LogP contribution in [-0.2, 0) is 4.79 Å². The Bertz CT molecular complexity index is 421. The number of benzene rings is 1. The molecule has 2 rings (SSSR count). The summed E-state index contributed by atoms with van der Waals surface area (Å²) in [5.74, 6) is -0.0163. The predicted octanol–water partition coefficient (Wildman–Crippen LogP) is 1.69. The smallest absolute Gasteiger partial charge is 0.238 e. The Morgan fingerprint density at radius 2 is 2.28 bits per heavy atom. The number of hydrogen-bond acceptors (Lipinski definition) is 3. The monoisotopic (exact) mass is 360 g/mol. The third-order valence-corrected chi connectivity index (χ3v) is 3.58. The molecule has 0 aromatic heterocycles. The fourth-order valence-electron chi connectivity index (χ4n) is 1.91. The van der Waals surface area contributed by atoms with Crippen molar-refractivity contribution < 1.29 is 9.90 Å². The number of carbonyl (C=O) groups is 1. The highest BCUT2D eigenvalue weighted by Crippen LogP contribution is 2.26. The average molecular weight is 360 g/mol. The molecule has 0 atom stereocenters. The molecule has 98 valence electrons. The first-order valence-corrected chi connectivity index (χ1v) is 7.17. The number of carbonyl (C=O) groups excluding carboxylic acids is 1. The van der Waals surface area contributed by atoms with E-state index >= 15 is 0 Å². The molecule has 1 aliphatic rings. The van der Waals surface area contributed by atoms with E-state index < -0.39 is 0 Å². The zero-order valence-corrected chi connectivity index (χ0v) is 12.3. The number of aliphatic hydroxyl groups excluding tert-OH is 1. The highest BCUT2D eigenvalue weighted by atomic mass is 127. The molecule has 1 saturated carbocycles. The van der Waals surface area contributed by atoms with Crippen LogP contribution in [0.2, 0.25) is 0 Å². The fourth-order valence-corrected chi connectivity index (χ4v) is 2.45. The summed E-state index contributed by atoms with van der Waals surface area (Å²) in [5, 5.41) is 11.9. The number of amides is 1. The Hall–Kier alpha value is -0.660. The second kappa shape index (κ2) is 6.49. The van der Waals surface area contributed by atoms with Crippen LogP contribution in [0.4, 0.5) is 5.69 Å². The fraction of sp³-hybridized carbons (Fsp3) is 0.462. The zero-order valence-electron chi connectivity index (χ0n) is 10.1. The van der Waals surface area contributed by atoms with Crippen molar-refractivity contribution in [2.45, 2.75) is 18.9 Å².